The van der Waals surface area contributed by atoms with Gasteiger partial charge in [-0.05, 0) is 158 Å². The zero-order valence-corrected chi connectivity index (χ0v) is 47.6. The lowest BCUT2D eigenvalue weighted by Crippen LogP contribution is -2.07. The maximum Gasteiger partial charge on any atom is 0.298 e. The third-order valence-corrected chi connectivity index (χ3v) is 15.9. The standard InChI is InChI=1S/C52H40O15S4.2CH4O3S/c1-34-3-24-45(25-4-34)69(55,56)46-27-22-43(23-28-46)64-42-20-11-38(12-21-42)52(53)37-9-16-41(17-10-37)63-33-39-13-26-47(31-50(39)68-67-66-54)70(57,58)48-29-30-49(51(32-48)71(59,60)61)65-44-18-7-36(8-19-44)35-5-14-40(62-2)15-6-35;2*1-5(2,3)4/h3-32,54H,33H2,1-2H3,(H,59,60,61);2*1H3,(H,2,3,4). The SMILES string of the molecule is COc1ccc(-c2ccc(Oc3ccc(S(=O)(=O)c4ccc(COc5ccc(C(=O)c6ccc(Oc7ccc(S(=O)(=O)c8ccc(C)cc8)cc7)cc6)cc5)c(SOOO)c4)cc3S(=O)(=O)O)cc2)cc1.CS(=O)(=O)O.CS(=O)(=O)O. The highest BCUT2D eigenvalue weighted by atomic mass is 32.2. The molecule has 8 aromatic rings. The lowest BCUT2D eigenvalue weighted by Gasteiger charge is -2.14. The molecular weight excluding hydrogens is 1180 g/mol. The monoisotopic (exact) mass is 1220 g/mol. The van der Waals surface area contributed by atoms with Gasteiger partial charge in [-0.25, -0.2) is 22.1 Å². The molecule has 27 heteroatoms. The first kappa shape index (κ1) is 62.7. The van der Waals surface area contributed by atoms with Crippen LogP contribution in [0.2, 0.25) is 0 Å². The Balaban J connectivity index is 0.000000971. The lowest BCUT2D eigenvalue weighted by atomic mass is 10.0. The second-order valence-electron chi connectivity index (χ2n) is 17.0. The van der Waals surface area contributed by atoms with Gasteiger partial charge in [-0.2, -0.15) is 25.3 Å². The second-order valence-corrected chi connectivity index (χ2v) is 25.9. The number of rotatable bonds is 19. The highest BCUT2D eigenvalue weighted by molar-refractivity contribution is 7.94. The van der Waals surface area contributed by atoms with Crippen molar-refractivity contribution in [3.63, 3.8) is 0 Å². The number of hydrogen-bond acceptors (Lipinski definition) is 19. The summed E-state index contributed by atoms with van der Waals surface area (Å²) in [5.41, 5.74) is 3.78. The zero-order chi connectivity index (χ0) is 59.3. The Morgan fingerprint density at radius 1 is 0.481 bits per heavy atom. The van der Waals surface area contributed by atoms with Gasteiger partial charge in [0.1, 0.15) is 46.0 Å². The molecule has 0 aliphatic rings. The molecular formula is C54H48O21S6. The van der Waals surface area contributed by atoms with Crippen LogP contribution in [0.5, 0.6) is 34.5 Å². The number of ether oxygens (including phenoxy) is 4. The molecule has 0 unspecified atom stereocenters. The molecule has 0 saturated carbocycles. The van der Waals surface area contributed by atoms with Gasteiger partial charge in [0.2, 0.25) is 19.7 Å². The minimum absolute atomic E-state index is 0.124. The molecule has 0 aromatic heterocycles. The Kier molecular flexibility index (Phi) is 20.8. The molecule has 0 aliphatic carbocycles. The third-order valence-electron chi connectivity index (χ3n) is 10.8. The van der Waals surface area contributed by atoms with Gasteiger partial charge in [0.05, 0.1) is 51.2 Å². The normalized spacial score (nSPS) is 11.7. The fourth-order valence-electron chi connectivity index (χ4n) is 7.04. The molecule has 0 radical (unpaired) electrons. The van der Waals surface area contributed by atoms with Gasteiger partial charge in [-0.1, -0.05) is 53.1 Å². The number of sulfone groups is 2. The van der Waals surface area contributed by atoms with Gasteiger partial charge in [0.25, 0.3) is 30.4 Å². The Hall–Kier alpha value is -7.51. The average Bonchev–Trinajstić information content (AvgIpc) is 3.45. The summed E-state index contributed by atoms with van der Waals surface area (Å²) < 4.78 is 168. The van der Waals surface area contributed by atoms with E-state index in [1.165, 1.54) is 30.3 Å². The highest BCUT2D eigenvalue weighted by Gasteiger charge is 2.26. The van der Waals surface area contributed by atoms with Crippen LogP contribution in [0.25, 0.3) is 11.1 Å². The van der Waals surface area contributed by atoms with E-state index < -0.39 is 59.8 Å². The molecule has 0 amide bonds. The van der Waals surface area contributed by atoms with Crippen molar-refractivity contribution in [3.8, 4) is 45.6 Å². The fourth-order valence-corrected chi connectivity index (χ4v) is 10.9. The molecule has 4 N–H and O–H groups in total. The maximum absolute atomic E-state index is 13.9. The van der Waals surface area contributed by atoms with Crippen molar-refractivity contribution in [3.05, 3.63) is 204 Å². The first-order valence-electron chi connectivity index (χ1n) is 22.9. The van der Waals surface area contributed by atoms with Gasteiger partial charge < -0.3 is 18.9 Å². The fraction of sp³-hybridized carbons (Fsp3) is 0.0926. The number of benzene rings is 8. The van der Waals surface area contributed by atoms with E-state index in [0.717, 1.165) is 34.9 Å². The summed E-state index contributed by atoms with van der Waals surface area (Å²) in [7, 11) is -18.9. The summed E-state index contributed by atoms with van der Waals surface area (Å²) in [5, 5.41) is 12.7. The number of aryl methyl sites for hydroxylation is 1. The molecule has 0 heterocycles. The molecule has 0 spiro atoms. The molecule has 81 heavy (non-hydrogen) atoms. The van der Waals surface area contributed by atoms with E-state index in [2.05, 4.69) is 9.37 Å². The van der Waals surface area contributed by atoms with Gasteiger partial charge in [-0.3, -0.25) is 18.5 Å². The topological polar surface area (TPSA) is 324 Å². The van der Waals surface area contributed by atoms with E-state index in [4.69, 9.17) is 33.3 Å². The molecule has 0 saturated heterocycles. The number of carbonyl (C=O) groups excluding carboxylic acids is 1. The molecule has 0 fully saturated rings. The van der Waals surface area contributed by atoms with Crippen LogP contribution in [0.1, 0.15) is 27.0 Å². The molecule has 8 aromatic carbocycles. The summed E-state index contributed by atoms with van der Waals surface area (Å²) in [4.78, 5) is 12.2. The predicted molar refractivity (Wildman–Crippen MR) is 296 cm³/mol. The third kappa shape index (κ3) is 18.5. The first-order chi connectivity index (χ1) is 38.0. The van der Waals surface area contributed by atoms with Crippen molar-refractivity contribution >= 4 is 67.9 Å². The summed E-state index contributed by atoms with van der Waals surface area (Å²) in [5.74, 6) is 1.47. The minimum atomic E-state index is -5.00. The van der Waals surface area contributed by atoms with E-state index in [0.29, 0.717) is 64.2 Å². The van der Waals surface area contributed by atoms with E-state index in [1.54, 1.807) is 128 Å². The van der Waals surface area contributed by atoms with Crippen LogP contribution < -0.4 is 18.9 Å². The summed E-state index contributed by atoms with van der Waals surface area (Å²) in [6, 6.07) is 46.3. The molecule has 0 aliphatic heterocycles. The van der Waals surface area contributed by atoms with Crippen molar-refractivity contribution in [1.82, 2.24) is 0 Å². The Morgan fingerprint density at radius 3 is 1.36 bits per heavy atom. The molecule has 21 nitrogen and oxygen atoms in total. The number of methoxy groups -OCH3 is 1. The molecule has 426 valence electrons. The van der Waals surface area contributed by atoms with Crippen LogP contribution in [-0.2, 0) is 66.0 Å². The van der Waals surface area contributed by atoms with Crippen molar-refractivity contribution in [2.75, 3.05) is 19.6 Å². The number of carbonyl (C=O) groups is 1. The van der Waals surface area contributed by atoms with Gasteiger partial charge in [-0.15, -0.1) is 4.33 Å². The van der Waals surface area contributed by atoms with Gasteiger partial charge in [0.15, 0.2) is 5.78 Å². The summed E-state index contributed by atoms with van der Waals surface area (Å²) >= 11 is 0.472. The van der Waals surface area contributed by atoms with Gasteiger partial charge in [0, 0.05) is 21.6 Å². The van der Waals surface area contributed by atoms with Gasteiger partial charge >= 0.3 is 0 Å². The minimum Gasteiger partial charge on any atom is -0.497 e. The smallest absolute Gasteiger partial charge is 0.298 e. The van der Waals surface area contributed by atoms with Crippen molar-refractivity contribution in [2.45, 2.75) is 42.9 Å². The van der Waals surface area contributed by atoms with Crippen molar-refractivity contribution in [2.24, 2.45) is 0 Å². The van der Waals surface area contributed by atoms with Crippen LogP contribution in [-0.4, -0.2) is 86.4 Å². The maximum atomic E-state index is 13.9. The number of hydrogen-bond donors (Lipinski definition) is 4. The van der Waals surface area contributed by atoms with E-state index in [9.17, 15) is 51.4 Å². The van der Waals surface area contributed by atoms with E-state index in [-0.39, 0.29) is 43.5 Å². The van der Waals surface area contributed by atoms with Crippen LogP contribution in [0.3, 0.4) is 0 Å². The Bertz CT molecular complexity index is 4020. The highest BCUT2D eigenvalue weighted by Crippen LogP contribution is 2.36. The first-order valence-corrected chi connectivity index (χ1v) is 31.7. The van der Waals surface area contributed by atoms with E-state index in [1.807, 2.05) is 19.1 Å². The Labute approximate surface area is 471 Å². The molecule has 0 bridgehead atoms. The molecule has 0 atom stereocenters. The largest absolute Gasteiger partial charge is 0.497 e. The summed E-state index contributed by atoms with van der Waals surface area (Å²) in [6.07, 6.45) is 1.43. The zero-order valence-electron chi connectivity index (χ0n) is 42.7. The number of ketones is 1. The van der Waals surface area contributed by atoms with E-state index >= 15 is 0 Å². The summed E-state index contributed by atoms with van der Waals surface area (Å²) in [6.45, 7) is 1.74. The van der Waals surface area contributed by atoms with Crippen LogP contribution in [0.15, 0.2) is 211 Å². The predicted octanol–water partition coefficient (Wildman–Crippen LogP) is 10.4. The lowest BCUT2D eigenvalue weighted by molar-refractivity contribution is -0.432. The quantitative estimate of drug-likeness (QED) is 0.0192. The average molecular weight is 1230 g/mol. The van der Waals surface area contributed by atoms with Crippen molar-refractivity contribution in [1.29, 1.82) is 0 Å². The van der Waals surface area contributed by atoms with Crippen molar-refractivity contribution < 1.29 is 94.1 Å². The second kappa shape index (κ2) is 26.8. The molecule has 8 rings (SSSR count). The van der Waals surface area contributed by atoms with Crippen LogP contribution in [0, 0.1) is 6.92 Å². The Morgan fingerprint density at radius 2 is 0.877 bits per heavy atom. The van der Waals surface area contributed by atoms with Crippen LogP contribution >= 0.6 is 12.0 Å². The van der Waals surface area contributed by atoms with Crippen LogP contribution in [0.4, 0.5) is 0 Å².